The van der Waals surface area contributed by atoms with Crippen LogP contribution in [-0.4, -0.2) is 56.7 Å². The van der Waals surface area contributed by atoms with Crippen molar-refractivity contribution in [2.45, 2.75) is 11.8 Å². The molecule has 0 amide bonds. The van der Waals surface area contributed by atoms with Crippen LogP contribution >= 0.6 is 0 Å². The van der Waals surface area contributed by atoms with Gasteiger partial charge in [0, 0.05) is 0 Å². The third-order valence-corrected chi connectivity index (χ3v) is 8.23. The summed E-state index contributed by atoms with van der Waals surface area (Å²) >= 11 is 0. The predicted molar refractivity (Wildman–Crippen MR) is 83.4 cm³/mol. The summed E-state index contributed by atoms with van der Waals surface area (Å²) in [5.74, 6) is -13.1. The quantitative estimate of drug-likeness (QED) is 0.127. The minimum atomic E-state index is -4.20. The summed E-state index contributed by atoms with van der Waals surface area (Å²) in [7, 11) is 0. The molecule has 6 aliphatic carbocycles. The second kappa shape index (κ2) is 5.23. The molecule has 0 aromatic heterocycles. The van der Waals surface area contributed by atoms with E-state index in [0.717, 1.165) is 0 Å². The van der Waals surface area contributed by atoms with Gasteiger partial charge in [0.05, 0.1) is 10.8 Å². The molecule has 18 heteroatoms. The first-order valence-corrected chi connectivity index (χ1v) is 9.07. The Labute approximate surface area is 172 Å². The van der Waals surface area contributed by atoms with Gasteiger partial charge < -0.3 is 9.47 Å². The topological polar surface area (TPSA) is 225 Å². The Morgan fingerprint density at radius 1 is 0.656 bits per heavy atom. The highest BCUT2D eigenvalue weighted by Crippen LogP contribution is 3.10. The lowest BCUT2D eigenvalue weighted by Gasteiger charge is -3.08. The second-order valence-electron chi connectivity index (χ2n) is 8.64. The normalized spacial score (nSPS) is 40.7. The van der Waals surface area contributed by atoms with Gasteiger partial charge in [0.15, 0.2) is 0 Å². The number of halogens is 2. The van der Waals surface area contributed by atoms with Gasteiger partial charge in [-0.15, -0.1) is 0 Å². The molecule has 0 spiro atoms. The van der Waals surface area contributed by atoms with Crippen molar-refractivity contribution in [3.8, 4) is 0 Å². The van der Waals surface area contributed by atoms with Crippen LogP contribution < -0.4 is 0 Å². The molecule has 0 aliphatic heterocycles. The highest BCUT2D eigenvalue weighted by molar-refractivity contribution is 5.96. The zero-order valence-corrected chi connectivity index (χ0v) is 15.3. The van der Waals surface area contributed by atoms with Gasteiger partial charge >= 0.3 is 23.8 Å². The number of carbonyl (C=O) groups is 2. The third-order valence-electron chi connectivity index (χ3n) is 8.23. The van der Waals surface area contributed by atoms with E-state index in [-0.39, 0.29) is 0 Å². The van der Waals surface area contributed by atoms with E-state index < -0.39 is 103 Å². The first kappa shape index (κ1) is 20.3. The number of hydrogen-bond donors (Lipinski definition) is 0. The van der Waals surface area contributed by atoms with E-state index in [9.17, 15) is 58.8 Å². The molecule has 0 unspecified atom stereocenters. The summed E-state index contributed by atoms with van der Waals surface area (Å²) in [6.07, 6.45) is 0. The summed E-state index contributed by atoms with van der Waals surface area (Å²) in [5.41, 5.74) is -2.25. The molecule has 6 rings (SSSR count). The number of hydrogen-bond acceptors (Lipinski definition) is 12. The van der Waals surface area contributed by atoms with Crippen LogP contribution in [0.15, 0.2) is 0 Å². The van der Waals surface area contributed by atoms with Gasteiger partial charge in [-0.1, -0.05) is 8.78 Å². The number of nitro groups is 4. The second-order valence-corrected chi connectivity index (χ2v) is 8.64. The molecule has 172 valence electrons. The van der Waals surface area contributed by atoms with E-state index >= 15 is 0 Å². The van der Waals surface area contributed by atoms with E-state index in [1.165, 1.54) is 0 Å². The molecule has 0 aromatic rings. The molecule has 0 heterocycles. The van der Waals surface area contributed by atoms with Crippen LogP contribution in [0.5, 0.6) is 0 Å². The molecular weight excluding hydrogens is 454 g/mol. The summed E-state index contributed by atoms with van der Waals surface area (Å²) in [5, 5.41) is 42.4. The lowest BCUT2D eigenvalue weighted by molar-refractivity contribution is -0.833. The van der Waals surface area contributed by atoms with Crippen molar-refractivity contribution in [1.82, 2.24) is 0 Å². The van der Waals surface area contributed by atoms with Crippen molar-refractivity contribution in [3.63, 3.8) is 0 Å². The van der Waals surface area contributed by atoms with Gasteiger partial charge in [-0.3, -0.25) is 50.0 Å². The van der Waals surface area contributed by atoms with E-state index in [1.54, 1.807) is 0 Å². The molecule has 6 aliphatic rings. The molecule has 0 bridgehead atoms. The van der Waals surface area contributed by atoms with Crippen LogP contribution in [-0.2, 0) is 19.1 Å². The summed E-state index contributed by atoms with van der Waals surface area (Å²) in [4.78, 5) is 60.0. The Kier molecular flexibility index (Phi) is 3.32. The van der Waals surface area contributed by atoms with Gasteiger partial charge in [0.25, 0.3) is 13.2 Å². The van der Waals surface area contributed by atoms with Crippen LogP contribution in [0.2, 0.25) is 0 Å². The maximum absolute atomic E-state index is 13.8. The first-order valence-electron chi connectivity index (χ1n) is 9.07. The summed E-state index contributed by atoms with van der Waals surface area (Å²) in [6, 6.07) is 0. The minimum absolute atomic E-state index is 0.427. The molecule has 0 aromatic carbocycles. The summed E-state index contributed by atoms with van der Waals surface area (Å²) < 4.78 is 36.8. The number of esters is 2. The highest BCUT2D eigenvalue weighted by Gasteiger charge is 3.14. The third kappa shape index (κ3) is 1.56. The van der Waals surface area contributed by atoms with Crippen molar-refractivity contribution >= 4 is 11.9 Å². The van der Waals surface area contributed by atoms with Crippen LogP contribution in [0.4, 0.5) is 8.78 Å². The monoisotopic (exact) mass is 464 g/mol. The first-order chi connectivity index (χ1) is 14.8. The Morgan fingerprint density at radius 2 is 0.875 bits per heavy atom. The molecule has 0 N–H and O–H groups in total. The summed E-state index contributed by atoms with van der Waals surface area (Å²) in [6.45, 7) is -3.46. The van der Waals surface area contributed by atoms with Gasteiger partial charge in [-0.05, 0) is 35.5 Å². The van der Waals surface area contributed by atoms with Crippen molar-refractivity contribution < 1.29 is 47.5 Å². The minimum Gasteiger partial charge on any atom is -0.445 e. The molecule has 6 fully saturated rings. The Bertz CT molecular complexity index is 899. The molecule has 6 saturated carbocycles. The molecule has 32 heavy (non-hydrogen) atoms. The lowest BCUT2D eigenvalue weighted by atomic mass is 8.92. The molecule has 0 atom stereocenters. The van der Waals surface area contributed by atoms with Crippen molar-refractivity contribution in [3.05, 3.63) is 40.5 Å². The maximum atomic E-state index is 13.8. The SMILES string of the molecule is O=C(OCC(F)([N+](=O)[O-])[N+](=O)[O-])C12C3C4C1C1C2C3C41C(=O)OCC(F)([N+](=O)[O-])[N+](=O)[O-]. The van der Waals surface area contributed by atoms with E-state index in [4.69, 9.17) is 0 Å². The highest BCUT2D eigenvalue weighted by atomic mass is 19.2. The molecular formula is C14H10F2N4O12. The Morgan fingerprint density at radius 3 is 1.06 bits per heavy atom. The lowest BCUT2D eigenvalue weighted by Crippen LogP contribution is -3.12. The smallest absolute Gasteiger partial charge is 0.445 e. The molecule has 16 nitrogen and oxygen atoms in total. The molecule has 0 radical (unpaired) electrons. The van der Waals surface area contributed by atoms with E-state index in [2.05, 4.69) is 9.47 Å². The Hall–Kier alpha value is -3.60. The van der Waals surface area contributed by atoms with Crippen molar-refractivity contribution in [2.75, 3.05) is 13.2 Å². The maximum Gasteiger partial charge on any atom is 0.648 e. The van der Waals surface area contributed by atoms with Gasteiger partial charge in [0.2, 0.25) is 0 Å². The average Bonchev–Trinajstić information content (AvgIpc) is 2.74. The van der Waals surface area contributed by atoms with Crippen LogP contribution in [0.25, 0.3) is 0 Å². The zero-order chi connectivity index (χ0) is 23.8. The average molecular weight is 464 g/mol. The van der Waals surface area contributed by atoms with Crippen LogP contribution in [0.3, 0.4) is 0 Å². The molecule has 0 saturated heterocycles. The fourth-order valence-corrected chi connectivity index (χ4v) is 7.25. The fourth-order valence-electron chi connectivity index (χ4n) is 7.25. The number of rotatable bonds is 10. The Balaban J connectivity index is 1.23. The van der Waals surface area contributed by atoms with Gasteiger partial charge in [0.1, 0.15) is 19.7 Å². The predicted octanol–water partition coefficient (Wildman–Crippen LogP) is -0.836. The van der Waals surface area contributed by atoms with Gasteiger partial charge in [-0.25, -0.2) is 0 Å². The van der Waals surface area contributed by atoms with Crippen molar-refractivity contribution in [2.24, 2.45) is 46.3 Å². The van der Waals surface area contributed by atoms with Gasteiger partial charge in [-0.2, -0.15) is 0 Å². The van der Waals surface area contributed by atoms with E-state index in [1.807, 2.05) is 0 Å². The van der Waals surface area contributed by atoms with E-state index in [0.29, 0.717) is 0 Å². The largest absolute Gasteiger partial charge is 0.648 e. The standard InChI is InChI=1S/C14H10F2N4O12/c15-11(17(23)24,18(25)26)1-31-9(21)13-3-6-4(13)8-5(13)7(3)14(6,8)10(22)32-2-12(16,19(27)28)20(29)30/h3-8H,1-2H2. The van der Waals surface area contributed by atoms with Crippen LogP contribution in [0.1, 0.15) is 0 Å². The number of alkyl halides is 2. The number of carbonyl (C=O) groups excluding carboxylic acids is 2. The van der Waals surface area contributed by atoms with Crippen molar-refractivity contribution in [1.29, 1.82) is 0 Å². The fraction of sp³-hybridized carbons (Fsp3) is 0.857. The number of nitrogens with zero attached hydrogens (tertiary/aromatic N) is 4. The van der Waals surface area contributed by atoms with Crippen LogP contribution in [0, 0.1) is 86.8 Å². The zero-order valence-electron chi connectivity index (χ0n) is 15.3. The number of ether oxygens (including phenoxy) is 2.